The van der Waals surface area contributed by atoms with Gasteiger partial charge in [-0.25, -0.2) is 9.78 Å². The second-order valence-corrected chi connectivity index (χ2v) is 10.3. The molecule has 1 aliphatic carbocycles. The van der Waals surface area contributed by atoms with E-state index >= 15 is 0 Å². The number of carbonyl (C=O) groups is 1. The third kappa shape index (κ3) is 4.02. The maximum atomic E-state index is 13.4. The van der Waals surface area contributed by atoms with Gasteiger partial charge in [-0.15, -0.1) is 0 Å². The summed E-state index contributed by atoms with van der Waals surface area (Å²) in [7, 11) is 0. The van der Waals surface area contributed by atoms with E-state index in [0.717, 1.165) is 41.0 Å². The van der Waals surface area contributed by atoms with Crippen molar-refractivity contribution in [2.75, 3.05) is 23.3 Å². The molecule has 1 spiro atoms. The molecule has 34 heavy (non-hydrogen) atoms. The number of carboxylic acids is 1. The third-order valence-electron chi connectivity index (χ3n) is 7.49. The van der Waals surface area contributed by atoms with Crippen LogP contribution in [-0.2, 0) is 0 Å². The number of halogens is 1. The lowest BCUT2D eigenvalue weighted by Gasteiger charge is -2.35. The molecule has 0 amide bonds. The fraction of sp³-hybridized carbons (Fsp3) is 0.423. The average molecular weight is 481 g/mol. The molecule has 0 aromatic carbocycles. The Balaban J connectivity index is 1.56. The third-order valence-corrected chi connectivity index (χ3v) is 7.70. The summed E-state index contributed by atoms with van der Waals surface area (Å²) in [6.07, 6.45) is 6.92. The van der Waals surface area contributed by atoms with Gasteiger partial charge < -0.3 is 15.3 Å². The number of nitrogens with zero attached hydrogens (tertiary/aromatic N) is 3. The minimum absolute atomic E-state index is 0.0178. The first-order valence-electron chi connectivity index (χ1n) is 11.8. The zero-order valence-corrected chi connectivity index (χ0v) is 20.4. The summed E-state index contributed by atoms with van der Waals surface area (Å²) in [6, 6.07) is 7.07. The van der Waals surface area contributed by atoms with E-state index in [2.05, 4.69) is 21.3 Å². The van der Waals surface area contributed by atoms with E-state index < -0.39 is 5.97 Å². The van der Waals surface area contributed by atoms with Crippen molar-refractivity contribution in [1.82, 2.24) is 9.38 Å². The van der Waals surface area contributed by atoms with Crippen LogP contribution in [0.15, 0.2) is 35.3 Å². The fourth-order valence-electron chi connectivity index (χ4n) is 5.22. The molecule has 5 rings (SSSR count). The first-order valence-corrected chi connectivity index (χ1v) is 12.1. The van der Waals surface area contributed by atoms with E-state index in [1.54, 1.807) is 16.5 Å². The van der Waals surface area contributed by atoms with Crippen molar-refractivity contribution in [2.24, 2.45) is 5.41 Å². The summed E-state index contributed by atoms with van der Waals surface area (Å²) >= 11 is 5.91. The summed E-state index contributed by atoms with van der Waals surface area (Å²) in [5, 5.41) is 13.0. The number of anilines is 2. The lowest BCUT2D eigenvalue weighted by molar-refractivity contribution is 0.0691. The molecule has 2 fully saturated rings. The number of pyridine rings is 3. The highest BCUT2D eigenvalue weighted by molar-refractivity contribution is 6.29. The Hall–Kier alpha value is -3.06. The van der Waals surface area contributed by atoms with Crippen LogP contribution in [0.25, 0.3) is 5.52 Å². The zero-order chi connectivity index (χ0) is 24.2. The quantitative estimate of drug-likeness (QED) is 0.487. The van der Waals surface area contributed by atoms with Gasteiger partial charge in [0.15, 0.2) is 5.69 Å². The van der Waals surface area contributed by atoms with Gasteiger partial charge in [0.2, 0.25) is 0 Å². The monoisotopic (exact) mass is 480 g/mol. The van der Waals surface area contributed by atoms with Crippen molar-refractivity contribution in [3.05, 3.63) is 68.4 Å². The number of carboxylic acid groups (broad SMARTS) is 1. The van der Waals surface area contributed by atoms with Gasteiger partial charge in [-0.2, -0.15) is 0 Å². The molecule has 2 aliphatic rings. The van der Waals surface area contributed by atoms with Gasteiger partial charge >= 0.3 is 5.97 Å². The van der Waals surface area contributed by atoms with E-state index in [1.165, 1.54) is 25.7 Å². The first kappa shape index (κ1) is 22.7. The van der Waals surface area contributed by atoms with Gasteiger partial charge in [-0.3, -0.25) is 9.20 Å². The number of hydrogen-bond acceptors (Lipinski definition) is 5. The SMILES string of the molecule is Cc1cc([C@@H](C)Nc2ccc(Cl)nc2C(=O)O)c2cc(N3CCC4(CC3)CC4)c(C)c(=O)n2c1. The Bertz CT molecular complexity index is 1350. The Labute approximate surface area is 203 Å². The molecule has 7 nitrogen and oxygen atoms in total. The number of aromatic carboxylic acids is 1. The molecular weight excluding hydrogens is 452 g/mol. The largest absolute Gasteiger partial charge is 0.476 e. The highest BCUT2D eigenvalue weighted by atomic mass is 35.5. The van der Waals surface area contributed by atoms with Crippen LogP contribution in [0.5, 0.6) is 0 Å². The van der Waals surface area contributed by atoms with Crippen LogP contribution in [0.2, 0.25) is 5.15 Å². The van der Waals surface area contributed by atoms with Crippen LogP contribution in [0.3, 0.4) is 0 Å². The van der Waals surface area contributed by atoms with Crippen LogP contribution in [0, 0.1) is 19.3 Å². The predicted molar refractivity (Wildman–Crippen MR) is 134 cm³/mol. The number of hydrogen-bond donors (Lipinski definition) is 2. The number of nitrogens with one attached hydrogen (secondary N) is 1. The van der Waals surface area contributed by atoms with Crippen LogP contribution < -0.4 is 15.8 Å². The van der Waals surface area contributed by atoms with Crippen LogP contribution in [0.4, 0.5) is 11.4 Å². The molecule has 1 saturated carbocycles. The lowest BCUT2D eigenvalue weighted by Crippen LogP contribution is -2.36. The molecule has 8 heteroatoms. The maximum Gasteiger partial charge on any atom is 0.356 e. The van der Waals surface area contributed by atoms with Crippen molar-refractivity contribution in [1.29, 1.82) is 0 Å². The second kappa shape index (κ2) is 8.31. The molecule has 1 aliphatic heterocycles. The van der Waals surface area contributed by atoms with Crippen molar-refractivity contribution in [2.45, 2.75) is 52.5 Å². The van der Waals surface area contributed by atoms with E-state index in [1.807, 2.05) is 33.0 Å². The zero-order valence-electron chi connectivity index (χ0n) is 19.7. The molecular formula is C26H29ClN4O3. The van der Waals surface area contributed by atoms with Crippen molar-refractivity contribution in [3.63, 3.8) is 0 Å². The molecule has 2 N–H and O–H groups in total. The lowest BCUT2D eigenvalue weighted by atomic mass is 9.93. The molecule has 3 aromatic heterocycles. The normalized spacial score (nSPS) is 17.7. The Morgan fingerprint density at radius 3 is 2.53 bits per heavy atom. The van der Waals surface area contributed by atoms with Gasteiger partial charge in [0.1, 0.15) is 5.15 Å². The smallest absolute Gasteiger partial charge is 0.356 e. The Morgan fingerprint density at radius 2 is 1.88 bits per heavy atom. The Morgan fingerprint density at radius 1 is 1.18 bits per heavy atom. The van der Waals surface area contributed by atoms with Crippen molar-refractivity contribution >= 4 is 34.5 Å². The van der Waals surface area contributed by atoms with Gasteiger partial charge in [0.25, 0.3) is 5.56 Å². The predicted octanol–water partition coefficient (Wildman–Crippen LogP) is 5.22. The molecule has 178 valence electrons. The fourth-order valence-corrected chi connectivity index (χ4v) is 5.37. The van der Waals surface area contributed by atoms with Crippen molar-refractivity contribution in [3.8, 4) is 0 Å². The minimum atomic E-state index is -1.15. The molecule has 1 atom stereocenters. The van der Waals surface area contributed by atoms with E-state index in [-0.39, 0.29) is 22.4 Å². The van der Waals surface area contributed by atoms with E-state index in [9.17, 15) is 14.7 Å². The highest BCUT2D eigenvalue weighted by Crippen LogP contribution is 2.54. The van der Waals surface area contributed by atoms with Crippen molar-refractivity contribution < 1.29 is 9.90 Å². The Kier molecular flexibility index (Phi) is 5.55. The van der Waals surface area contributed by atoms with Crippen LogP contribution in [-0.4, -0.2) is 33.6 Å². The molecule has 0 bridgehead atoms. The van der Waals surface area contributed by atoms with Crippen LogP contribution >= 0.6 is 11.6 Å². The van der Waals surface area contributed by atoms with E-state index in [0.29, 0.717) is 11.1 Å². The molecule has 1 saturated heterocycles. The van der Waals surface area contributed by atoms with Gasteiger partial charge in [0.05, 0.1) is 17.2 Å². The molecule has 3 aromatic rings. The summed E-state index contributed by atoms with van der Waals surface area (Å²) in [4.78, 5) is 31.4. The number of piperidine rings is 1. The summed E-state index contributed by atoms with van der Waals surface area (Å²) < 4.78 is 1.71. The number of fused-ring (bicyclic) bond motifs is 1. The molecule has 4 heterocycles. The van der Waals surface area contributed by atoms with Gasteiger partial charge in [-0.05, 0) is 81.2 Å². The van der Waals surface area contributed by atoms with E-state index in [4.69, 9.17) is 11.6 Å². The summed E-state index contributed by atoms with van der Waals surface area (Å²) in [6.45, 7) is 7.77. The highest BCUT2D eigenvalue weighted by Gasteiger charge is 2.44. The molecule has 0 unspecified atom stereocenters. The average Bonchev–Trinajstić information content (AvgIpc) is 3.56. The topological polar surface area (TPSA) is 86.9 Å². The maximum absolute atomic E-state index is 13.4. The summed E-state index contributed by atoms with van der Waals surface area (Å²) in [5.41, 5.74) is 5.24. The molecule has 0 radical (unpaired) electrons. The number of rotatable bonds is 5. The standard InChI is InChI=1S/C26H29ClN4O3/c1-15-12-18(17(3)28-19-4-5-22(27)29-23(19)25(33)34)21-13-20(16(2)24(32)31(21)14-15)30-10-8-26(6-7-26)9-11-30/h4-5,12-14,17,28H,6-11H2,1-3H3,(H,33,34)/t17-/m1/s1. The number of aryl methyl sites for hydroxylation is 1. The number of aromatic nitrogens is 2. The van der Waals surface area contributed by atoms with Crippen LogP contribution in [0.1, 0.15) is 65.8 Å². The summed E-state index contributed by atoms with van der Waals surface area (Å²) in [5.74, 6) is -1.15. The second-order valence-electron chi connectivity index (χ2n) is 9.88. The van der Waals surface area contributed by atoms with Gasteiger partial charge in [-0.1, -0.05) is 17.7 Å². The van der Waals surface area contributed by atoms with Gasteiger partial charge in [0, 0.05) is 30.5 Å². The first-order chi connectivity index (χ1) is 16.2. The minimum Gasteiger partial charge on any atom is -0.476 e.